The lowest BCUT2D eigenvalue weighted by molar-refractivity contribution is -0.124. The molecular weight excluding hydrogens is 331 g/mol. The van der Waals surface area contributed by atoms with Crippen LogP contribution >= 0.6 is 22.6 Å². The molecule has 1 saturated carbocycles. The molecule has 0 unspecified atom stereocenters. The average Bonchev–Trinajstić information content (AvgIpc) is 2.36. The summed E-state index contributed by atoms with van der Waals surface area (Å²) >= 11 is 1.94. The number of aromatic nitrogens is 2. The van der Waals surface area contributed by atoms with Crippen molar-refractivity contribution in [2.24, 2.45) is 5.92 Å². The first-order valence-electron chi connectivity index (χ1n) is 5.91. The lowest BCUT2D eigenvalue weighted by atomic mass is 9.86. The fraction of sp³-hybridized carbons (Fsp3) is 0.583. The topological polar surface area (TPSA) is 52.0 Å². The van der Waals surface area contributed by atoms with Gasteiger partial charge in [0.1, 0.15) is 0 Å². The lowest BCUT2D eigenvalue weighted by Crippen LogP contribution is -2.30. The van der Waals surface area contributed by atoms with E-state index in [2.05, 4.69) is 4.98 Å². The van der Waals surface area contributed by atoms with Crippen LogP contribution in [-0.4, -0.2) is 15.3 Å². The zero-order valence-corrected chi connectivity index (χ0v) is 11.7. The Labute approximate surface area is 114 Å². The molecule has 0 N–H and O–H groups in total. The molecule has 0 radical (unpaired) electrons. The fourth-order valence-electron chi connectivity index (χ4n) is 2.26. The number of Topliss-reactive ketones (excluding diaryl/α,β-unsaturated/α-hetero) is 1. The second-order valence-corrected chi connectivity index (χ2v) is 5.64. The van der Waals surface area contributed by atoms with Crippen molar-refractivity contribution in [3.8, 4) is 0 Å². The van der Waals surface area contributed by atoms with Gasteiger partial charge in [0.25, 0.3) is 5.56 Å². The third kappa shape index (κ3) is 3.14. The quantitative estimate of drug-likeness (QED) is 0.787. The molecule has 17 heavy (non-hydrogen) atoms. The Balaban J connectivity index is 2.07. The predicted molar refractivity (Wildman–Crippen MR) is 72.8 cm³/mol. The summed E-state index contributed by atoms with van der Waals surface area (Å²) in [5.74, 6) is 0.323. The SMILES string of the molecule is O=C(Cn1cncc(I)c1=O)C1CCCCC1. The first kappa shape index (κ1) is 12.7. The maximum absolute atomic E-state index is 12.0. The molecule has 92 valence electrons. The van der Waals surface area contributed by atoms with Gasteiger partial charge < -0.3 is 0 Å². The van der Waals surface area contributed by atoms with E-state index in [1.54, 1.807) is 0 Å². The molecule has 1 heterocycles. The van der Waals surface area contributed by atoms with Crippen molar-refractivity contribution in [3.05, 3.63) is 26.4 Å². The molecule has 0 saturated heterocycles. The highest BCUT2D eigenvalue weighted by Gasteiger charge is 2.21. The van der Waals surface area contributed by atoms with E-state index < -0.39 is 0 Å². The minimum atomic E-state index is -0.121. The van der Waals surface area contributed by atoms with Crippen LogP contribution in [0.3, 0.4) is 0 Å². The molecule has 1 aliphatic rings. The van der Waals surface area contributed by atoms with Crippen molar-refractivity contribution in [3.63, 3.8) is 0 Å². The van der Waals surface area contributed by atoms with E-state index in [9.17, 15) is 9.59 Å². The van der Waals surface area contributed by atoms with Gasteiger partial charge in [-0.15, -0.1) is 0 Å². The van der Waals surface area contributed by atoms with Crippen molar-refractivity contribution in [1.29, 1.82) is 0 Å². The Bertz CT molecular complexity index is 464. The van der Waals surface area contributed by atoms with Crippen LogP contribution in [0.2, 0.25) is 0 Å². The Morgan fingerprint density at radius 3 is 2.82 bits per heavy atom. The third-order valence-corrected chi connectivity index (χ3v) is 3.99. The summed E-state index contributed by atoms with van der Waals surface area (Å²) in [7, 11) is 0. The van der Waals surface area contributed by atoms with Crippen molar-refractivity contribution < 1.29 is 4.79 Å². The largest absolute Gasteiger partial charge is 0.297 e. The van der Waals surface area contributed by atoms with Gasteiger partial charge in [-0.1, -0.05) is 19.3 Å². The maximum atomic E-state index is 12.0. The highest BCUT2D eigenvalue weighted by Crippen LogP contribution is 2.24. The van der Waals surface area contributed by atoms with Crippen LogP contribution < -0.4 is 5.56 Å². The Kier molecular flexibility index (Phi) is 4.31. The normalized spacial score (nSPS) is 17.0. The van der Waals surface area contributed by atoms with Gasteiger partial charge in [-0.05, 0) is 35.4 Å². The third-order valence-electron chi connectivity index (χ3n) is 3.25. The summed E-state index contributed by atoms with van der Waals surface area (Å²) in [6, 6.07) is 0. The Hall–Kier alpha value is -0.720. The van der Waals surface area contributed by atoms with Crippen LogP contribution in [0.15, 0.2) is 17.3 Å². The van der Waals surface area contributed by atoms with E-state index >= 15 is 0 Å². The molecule has 0 spiro atoms. The van der Waals surface area contributed by atoms with Crippen LogP contribution in [0.1, 0.15) is 32.1 Å². The van der Waals surface area contributed by atoms with E-state index in [0.29, 0.717) is 3.57 Å². The molecule has 1 aliphatic carbocycles. The first-order valence-corrected chi connectivity index (χ1v) is 6.99. The van der Waals surface area contributed by atoms with Gasteiger partial charge in [0.2, 0.25) is 0 Å². The maximum Gasteiger partial charge on any atom is 0.267 e. The Morgan fingerprint density at radius 2 is 2.12 bits per heavy atom. The number of rotatable bonds is 3. The van der Waals surface area contributed by atoms with Crippen LogP contribution in [0.5, 0.6) is 0 Å². The number of nitrogens with zero attached hydrogens (tertiary/aromatic N) is 2. The molecule has 2 rings (SSSR count). The van der Waals surface area contributed by atoms with Gasteiger partial charge in [-0.2, -0.15) is 0 Å². The van der Waals surface area contributed by atoms with Gasteiger partial charge >= 0.3 is 0 Å². The molecule has 5 heteroatoms. The summed E-state index contributed by atoms with van der Waals surface area (Å²) in [6.45, 7) is 0.174. The highest BCUT2D eigenvalue weighted by atomic mass is 127. The molecule has 0 amide bonds. The molecule has 0 aromatic carbocycles. The van der Waals surface area contributed by atoms with Gasteiger partial charge in [-0.25, -0.2) is 4.98 Å². The standard InChI is InChI=1S/C12H15IN2O2/c13-10-6-14-8-15(12(10)17)7-11(16)9-4-2-1-3-5-9/h6,8-9H,1-5,7H2. The molecule has 0 atom stereocenters. The summed E-state index contributed by atoms with van der Waals surface area (Å²) in [4.78, 5) is 27.7. The van der Waals surface area contributed by atoms with Gasteiger partial charge in [0, 0.05) is 12.1 Å². The van der Waals surface area contributed by atoms with E-state index in [4.69, 9.17) is 0 Å². The lowest BCUT2D eigenvalue weighted by Gasteiger charge is -2.20. The number of halogens is 1. The van der Waals surface area contributed by atoms with E-state index in [0.717, 1.165) is 25.7 Å². The monoisotopic (exact) mass is 346 g/mol. The van der Waals surface area contributed by atoms with Crippen LogP contribution in [0, 0.1) is 9.49 Å². The number of hydrogen-bond donors (Lipinski definition) is 0. The fourth-order valence-corrected chi connectivity index (χ4v) is 2.73. The summed E-state index contributed by atoms with van der Waals surface area (Å²) in [5.41, 5.74) is -0.121. The van der Waals surface area contributed by atoms with Crippen molar-refractivity contribution in [2.45, 2.75) is 38.6 Å². The first-order chi connectivity index (χ1) is 8.18. The Morgan fingerprint density at radius 1 is 1.41 bits per heavy atom. The van der Waals surface area contributed by atoms with Crippen molar-refractivity contribution in [1.82, 2.24) is 9.55 Å². The van der Waals surface area contributed by atoms with Crippen molar-refractivity contribution >= 4 is 28.4 Å². The molecule has 0 aliphatic heterocycles. The highest BCUT2D eigenvalue weighted by molar-refractivity contribution is 14.1. The minimum absolute atomic E-state index is 0.121. The zero-order valence-electron chi connectivity index (χ0n) is 9.56. The van der Waals surface area contributed by atoms with Crippen molar-refractivity contribution in [2.75, 3.05) is 0 Å². The van der Waals surface area contributed by atoms with Gasteiger partial charge in [-0.3, -0.25) is 14.2 Å². The number of carbonyl (C=O) groups excluding carboxylic acids is 1. The minimum Gasteiger partial charge on any atom is -0.297 e. The molecule has 4 nitrogen and oxygen atoms in total. The summed E-state index contributed by atoms with van der Waals surface area (Å²) in [5, 5.41) is 0. The predicted octanol–water partition coefficient (Wildman–Crippen LogP) is 2.00. The van der Waals surface area contributed by atoms with Gasteiger partial charge in [0.05, 0.1) is 16.4 Å². The number of ketones is 1. The van der Waals surface area contributed by atoms with E-state index in [1.165, 1.54) is 23.5 Å². The second kappa shape index (κ2) is 5.75. The van der Waals surface area contributed by atoms with Crippen LogP contribution in [-0.2, 0) is 11.3 Å². The average molecular weight is 346 g/mol. The van der Waals surface area contributed by atoms with E-state index in [1.807, 2.05) is 22.6 Å². The summed E-state index contributed by atoms with van der Waals surface area (Å²) in [6.07, 6.45) is 8.42. The summed E-state index contributed by atoms with van der Waals surface area (Å²) < 4.78 is 1.97. The number of hydrogen-bond acceptors (Lipinski definition) is 3. The zero-order chi connectivity index (χ0) is 12.3. The molecule has 0 bridgehead atoms. The molecule has 1 aromatic heterocycles. The number of carbonyl (C=O) groups is 1. The van der Waals surface area contributed by atoms with Gasteiger partial charge in [0.15, 0.2) is 5.78 Å². The van der Waals surface area contributed by atoms with Crippen LogP contribution in [0.25, 0.3) is 0 Å². The van der Waals surface area contributed by atoms with E-state index in [-0.39, 0.29) is 23.8 Å². The molecular formula is C12H15IN2O2. The molecule has 1 aromatic rings. The van der Waals surface area contributed by atoms with Crippen LogP contribution in [0.4, 0.5) is 0 Å². The smallest absolute Gasteiger partial charge is 0.267 e. The second-order valence-electron chi connectivity index (χ2n) is 4.48. The molecule has 1 fully saturated rings.